The van der Waals surface area contributed by atoms with Gasteiger partial charge in [-0.05, 0) is 32.0 Å². The maximum Gasteiger partial charge on any atom is 0.419 e. The molecule has 0 aromatic heterocycles. The van der Waals surface area contributed by atoms with Crippen molar-refractivity contribution < 1.29 is 22.4 Å². The predicted molar refractivity (Wildman–Crippen MR) is 69.4 cm³/mol. The molecule has 0 aliphatic carbocycles. The lowest BCUT2D eigenvalue weighted by Gasteiger charge is -2.32. The van der Waals surface area contributed by atoms with Crippen LogP contribution in [0.2, 0.25) is 0 Å². The fourth-order valence-corrected chi connectivity index (χ4v) is 2.46. The summed E-state index contributed by atoms with van der Waals surface area (Å²) in [5.41, 5.74) is -1.92. The summed E-state index contributed by atoms with van der Waals surface area (Å²) in [7, 11) is 1.81. The van der Waals surface area contributed by atoms with Gasteiger partial charge in [0.05, 0.1) is 11.1 Å². The quantitative estimate of drug-likeness (QED) is 0.852. The van der Waals surface area contributed by atoms with E-state index in [2.05, 4.69) is 5.32 Å². The number of carbonyl (C=O) groups is 1. The van der Waals surface area contributed by atoms with Crippen LogP contribution in [0.25, 0.3) is 0 Å². The van der Waals surface area contributed by atoms with Crippen LogP contribution in [0, 0.1) is 5.82 Å². The molecule has 0 atom stereocenters. The zero-order chi connectivity index (χ0) is 15.6. The van der Waals surface area contributed by atoms with E-state index in [4.69, 9.17) is 0 Å². The normalized spacial score (nSPS) is 17.1. The first kappa shape index (κ1) is 15.8. The van der Waals surface area contributed by atoms with E-state index in [1.807, 2.05) is 7.05 Å². The number of likely N-dealkylation sites (tertiary alicyclic amines) is 1. The Kier molecular flexibility index (Phi) is 4.51. The third-order valence-corrected chi connectivity index (χ3v) is 3.72. The lowest BCUT2D eigenvalue weighted by Crippen LogP contribution is -2.44. The van der Waals surface area contributed by atoms with Crippen LogP contribution in [0.15, 0.2) is 18.2 Å². The number of halogens is 4. The van der Waals surface area contributed by atoms with Gasteiger partial charge in [0, 0.05) is 19.1 Å². The molecule has 7 heteroatoms. The summed E-state index contributed by atoms with van der Waals surface area (Å²) in [6.07, 6.45) is -3.41. The number of nitrogens with one attached hydrogen (secondary N) is 1. The third kappa shape index (κ3) is 3.34. The minimum absolute atomic E-state index is 0.278. The van der Waals surface area contributed by atoms with Crippen molar-refractivity contribution in [2.45, 2.75) is 25.1 Å². The van der Waals surface area contributed by atoms with Gasteiger partial charge in [-0.25, -0.2) is 4.39 Å². The molecule has 0 saturated carbocycles. The topological polar surface area (TPSA) is 32.3 Å². The Morgan fingerprint density at radius 2 is 1.90 bits per heavy atom. The zero-order valence-corrected chi connectivity index (χ0v) is 11.5. The highest BCUT2D eigenvalue weighted by Crippen LogP contribution is 2.32. The van der Waals surface area contributed by atoms with Crippen molar-refractivity contribution in [3.8, 4) is 0 Å². The van der Waals surface area contributed by atoms with Gasteiger partial charge in [-0.3, -0.25) is 4.79 Å². The molecule has 1 fully saturated rings. The summed E-state index contributed by atoms with van der Waals surface area (Å²) in [6.45, 7) is 0.806. The van der Waals surface area contributed by atoms with Gasteiger partial charge >= 0.3 is 6.18 Å². The Labute approximate surface area is 119 Å². The average Bonchev–Trinajstić information content (AvgIpc) is 2.45. The molecule has 1 aromatic rings. The second-order valence-corrected chi connectivity index (χ2v) is 5.02. The molecule has 116 valence electrons. The van der Waals surface area contributed by atoms with Gasteiger partial charge in [-0.2, -0.15) is 13.2 Å². The minimum atomic E-state index is -4.81. The van der Waals surface area contributed by atoms with Crippen molar-refractivity contribution in [2.75, 3.05) is 20.1 Å². The lowest BCUT2D eigenvalue weighted by molar-refractivity contribution is -0.140. The zero-order valence-electron chi connectivity index (χ0n) is 11.5. The molecule has 1 aliphatic rings. The molecule has 1 saturated heterocycles. The highest BCUT2D eigenvalue weighted by molar-refractivity contribution is 5.94. The van der Waals surface area contributed by atoms with Gasteiger partial charge in [-0.1, -0.05) is 6.07 Å². The van der Waals surface area contributed by atoms with Gasteiger partial charge in [-0.15, -0.1) is 0 Å². The number of carbonyl (C=O) groups excluding carboxylic acids is 1. The van der Waals surface area contributed by atoms with Crippen molar-refractivity contribution in [2.24, 2.45) is 0 Å². The first-order valence-corrected chi connectivity index (χ1v) is 6.67. The van der Waals surface area contributed by atoms with E-state index in [0.29, 0.717) is 32.0 Å². The van der Waals surface area contributed by atoms with Gasteiger partial charge in [0.2, 0.25) is 0 Å². The maximum absolute atomic E-state index is 13.9. The Hall–Kier alpha value is -1.63. The number of rotatable bonds is 2. The SMILES string of the molecule is CNC1CCN(C(=O)c2cccc(C(F)(F)F)c2F)CC1. The average molecular weight is 304 g/mol. The van der Waals surface area contributed by atoms with E-state index < -0.39 is 29.0 Å². The molecule has 1 aromatic carbocycles. The molecule has 0 radical (unpaired) electrons. The largest absolute Gasteiger partial charge is 0.419 e. The molecule has 1 amide bonds. The van der Waals surface area contributed by atoms with Crippen LogP contribution in [-0.2, 0) is 6.18 Å². The summed E-state index contributed by atoms with van der Waals surface area (Å²) in [5, 5.41) is 3.08. The van der Waals surface area contributed by atoms with Crippen LogP contribution < -0.4 is 5.32 Å². The van der Waals surface area contributed by atoms with Crippen molar-refractivity contribution in [1.82, 2.24) is 10.2 Å². The Balaban J connectivity index is 2.21. The van der Waals surface area contributed by atoms with E-state index in [0.717, 1.165) is 12.1 Å². The maximum atomic E-state index is 13.9. The predicted octanol–water partition coefficient (Wildman–Crippen LogP) is 2.67. The third-order valence-electron chi connectivity index (χ3n) is 3.72. The molecule has 3 nitrogen and oxygen atoms in total. The van der Waals surface area contributed by atoms with Gasteiger partial charge in [0.1, 0.15) is 5.82 Å². The molecule has 21 heavy (non-hydrogen) atoms. The summed E-state index contributed by atoms with van der Waals surface area (Å²) in [6, 6.07) is 3.07. The van der Waals surface area contributed by atoms with Crippen LogP contribution in [0.4, 0.5) is 17.6 Å². The van der Waals surface area contributed by atoms with Crippen molar-refractivity contribution in [3.05, 3.63) is 35.1 Å². The number of nitrogens with zero attached hydrogens (tertiary/aromatic N) is 1. The molecule has 2 rings (SSSR count). The monoisotopic (exact) mass is 304 g/mol. The second kappa shape index (κ2) is 6.01. The number of amides is 1. The first-order chi connectivity index (χ1) is 9.84. The van der Waals surface area contributed by atoms with Crippen LogP contribution in [0.1, 0.15) is 28.8 Å². The Morgan fingerprint density at radius 3 is 2.43 bits per heavy atom. The first-order valence-electron chi connectivity index (χ1n) is 6.67. The van der Waals surface area contributed by atoms with Crippen molar-refractivity contribution >= 4 is 5.91 Å². The Bertz CT molecular complexity index is 522. The molecule has 1 heterocycles. The van der Waals surface area contributed by atoms with Crippen LogP contribution in [0.3, 0.4) is 0 Å². The number of hydrogen-bond donors (Lipinski definition) is 1. The molecular weight excluding hydrogens is 288 g/mol. The highest BCUT2D eigenvalue weighted by atomic mass is 19.4. The standard InChI is InChI=1S/C14H16F4N2O/c1-19-9-5-7-20(8-6-9)13(21)10-3-2-4-11(12(10)15)14(16,17)18/h2-4,9,19H,5-8H2,1H3. The summed E-state index contributed by atoms with van der Waals surface area (Å²) < 4.78 is 51.9. The van der Waals surface area contributed by atoms with Crippen LogP contribution >= 0.6 is 0 Å². The molecular formula is C14H16F4N2O. The molecule has 0 spiro atoms. The minimum Gasteiger partial charge on any atom is -0.338 e. The van der Waals surface area contributed by atoms with Crippen molar-refractivity contribution in [1.29, 1.82) is 0 Å². The molecule has 1 N–H and O–H groups in total. The molecule has 1 aliphatic heterocycles. The van der Waals surface area contributed by atoms with E-state index in [1.54, 1.807) is 0 Å². The van der Waals surface area contributed by atoms with E-state index >= 15 is 0 Å². The molecule has 0 bridgehead atoms. The number of alkyl halides is 3. The number of benzene rings is 1. The van der Waals surface area contributed by atoms with Crippen LogP contribution in [0.5, 0.6) is 0 Å². The fraction of sp³-hybridized carbons (Fsp3) is 0.500. The smallest absolute Gasteiger partial charge is 0.338 e. The second-order valence-electron chi connectivity index (χ2n) is 5.02. The number of hydrogen-bond acceptors (Lipinski definition) is 2. The summed E-state index contributed by atoms with van der Waals surface area (Å²) in [5.74, 6) is -2.18. The van der Waals surface area contributed by atoms with Crippen LogP contribution in [-0.4, -0.2) is 37.0 Å². The van der Waals surface area contributed by atoms with E-state index in [-0.39, 0.29) is 6.04 Å². The molecule has 0 unspecified atom stereocenters. The van der Waals surface area contributed by atoms with Gasteiger partial charge in [0.15, 0.2) is 0 Å². The van der Waals surface area contributed by atoms with Crippen molar-refractivity contribution in [3.63, 3.8) is 0 Å². The lowest BCUT2D eigenvalue weighted by atomic mass is 10.0. The Morgan fingerprint density at radius 1 is 1.29 bits per heavy atom. The highest BCUT2D eigenvalue weighted by Gasteiger charge is 2.36. The van der Waals surface area contributed by atoms with Gasteiger partial charge in [0.25, 0.3) is 5.91 Å². The van der Waals surface area contributed by atoms with E-state index in [9.17, 15) is 22.4 Å². The summed E-state index contributed by atoms with van der Waals surface area (Å²) >= 11 is 0. The summed E-state index contributed by atoms with van der Waals surface area (Å²) in [4.78, 5) is 13.6. The number of piperidine rings is 1. The van der Waals surface area contributed by atoms with E-state index in [1.165, 1.54) is 4.90 Å². The van der Waals surface area contributed by atoms with Gasteiger partial charge < -0.3 is 10.2 Å². The fourth-order valence-electron chi connectivity index (χ4n) is 2.46.